The fraction of sp³-hybridized carbons (Fsp3) is 0.0645. The Kier molecular flexibility index (Phi) is 7.73. The molecule has 0 saturated carbocycles. The summed E-state index contributed by atoms with van der Waals surface area (Å²) in [6.45, 7) is -0.112. The highest BCUT2D eigenvalue weighted by Crippen LogP contribution is 2.25. The van der Waals surface area contributed by atoms with Gasteiger partial charge in [0, 0.05) is 17.7 Å². The predicted octanol–water partition coefficient (Wildman–Crippen LogP) is 5.95. The third-order valence-corrected chi connectivity index (χ3v) is 5.91. The molecule has 0 spiro atoms. The van der Waals surface area contributed by atoms with Crippen LogP contribution < -0.4 is 5.32 Å². The minimum Gasteiger partial charge on any atom is -0.467 e. The van der Waals surface area contributed by atoms with E-state index in [4.69, 9.17) is 4.42 Å². The van der Waals surface area contributed by atoms with Crippen LogP contribution in [-0.2, 0) is 16.1 Å². The van der Waals surface area contributed by atoms with Crippen molar-refractivity contribution in [2.24, 2.45) is 0 Å². The Balaban J connectivity index is 1.39. The maximum absolute atomic E-state index is 13.6. The number of nitrogens with one attached hydrogen (secondary N) is 1. The van der Waals surface area contributed by atoms with Crippen molar-refractivity contribution < 1.29 is 18.4 Å². The highest BCUT2D eigenvalue weighted by Gasteiger charge is 2.20. The van der Waals surface area contributed by atoms with E-state index < -0.39 is 5.91 Å². The van der Waals surface area contributed by atoms with Crippen LogP contribution in [0.5, 0.6) is 0 Å². The molecule has 0 bridgehead atoms. The summed E-state index contributed by atoms with van der Waals surface area (Å²) in [5, 5.41) is 7.52. The molecule has 0 atom stereocenters. The van der Waals surface area contributed by atoms with E-state index in [0.29, 0.717) is 23.0 Å². The van der Waals surface area contributed by atoms with Crippen LogP contribution in [0.25, 0.3) is 23.0 Å². The number of carbonyl (C=O) groups excluding carboxylic acids is 2. The van der Waals surface area contributed by atoms with Crippen LogP contribution in [-0.4, -0.2) is 33.0 Å². The maximum Gasteiger partial charge on any atom is 0.247 e. The molecule has 5 aromatic rings. The van der Waals surface area contributed by atoms with Gasteiger partial charge in [-0.3, -0.25) is 9.59 Å². The molecule has 39 heavy (non-hydrogen) atoms. The van der Waals surface area contributed by atoms with Gasteiger partial charge in [0.1, 0.15) is 23.9 Å². The number of anilines is 1. The highest BCUT2D eigenvalue weighted by molar-refractivity contribution is 5.98. The van der Waals surface area contributed by atoms with E-state index in [9.17, 15) is 14.0 Å². The van der Waals surface area contributed by atoms with Crippen LogP contribution in [0.2, 0.25) is 0 Å². The standard InChI is InChI=1S/C31H25FN4O3/c32-25-14-16-26(17-15-25)36-29(20-28(34-36)24-10-5-2-6-11-24)33-30(37)22-35(21-27-12-7-19-39-27)31(38)18-13-23-8-3-1-4-9-23/h1-20H,21-22H2,(H,33,37)/b18-13+. The molecule has 2 heterocycles. The van der Waals surface area contributed by atoms with Gasteiger partial charge in [-0.2, -0.15) is 5.10 Å². The van der Waals surface area contributed by atoms with Crippen LogP contribution >= 0.6 is 0 Å². The molecule has 5 rings (SSSR count). The minimum atomic E-state index is -0.425. The zero-order valence-electron chi connectivity index (χ0n) is 20.9. The van der Waals surface area contributed by atoms with Gasteiger partial charge in [-0.25, -0.2) is 9.07 Å². The van der Waals surface area contributed by atoms with E-state index in [1.165, 1.54) is 34.1 Å². The van der Waals surface area contributed by atoms with Crippen LogP contribution in [0.15, 0.2) is 120 Å². The number of amides is 2. The Bertz CT molecular complexity index is 1560. The van der Waals surface area contributed by atoms with Crippen molar-refractivity contribution in [3.63, 3.8) is 0 Å². The summed E-state index contributed by atoms with van der Waals surface area (Å²) in [4.78, 5) is 27.8. The summed E-state index contributed by atoms with van der Waals surface area (Å²) in [6.07, 6.45) is 4.65. The number of nitrogens with zero attached hydrogens (tertiary/aromatic N) is 3. The number of hydrogen-bond donors (Lipinski definition) is 1. The van der Waals surface area contributed by atoms with E-state index in [2.05, 4.69) is 10.4 Å². The first-order valence-electron chi connectivity index (χ1n) is 12.3. The number of benzene rings is 3. The van der Waals surface area contributed by atoms with Crippen molar-refractivity contribution in [1.82, 2.24) is 14.7 Å². The monoisotopic (exact) mass is 520 g/mol. The van der Waals surface area contributed by atoms with E-state index >= 15 is 0 Å². The van der Waals surface area contributed by atoms with Crippen molar-refractivity contribution in [3.05, 3.63) is 133 Å². The van der Waals surface area contributed by atoms with Gasteiger partial charge >= 0.3 is 0 Å². The molecular formula is C31H25FN4O3. The zero-order valence-corrected chi connectivity index (χ0v) is 20.9. The summed E-state index contributed by atoms with van der Waals surface area (Å²) in [7, 11) is 0. The van der Waals surface area contributed by atoms with Gasteiger partial charge in [0.2, 0.25) is 11.8 Å². The fourth-order valence-electron chi connectivity index (χ4n) is 3.99. The number of rotatable bonds is 9. The maximum atomic E-state index is 13.6. The predicted molar refractivity (Wildman–Crippen MR) is 147 cm³/mol. The average Bonchev–Trinajstić information content (AvgIpc) is 3.63. The Labute approximate surface area is 224 Å². The lowest BCUT2D eigenvalue weighted by Crippen LogP contribution is -2.36. The van der Waals surface area contributed by atoms with Crippen molar-refractivity contribution in [1.29, 1.82) is 0 Å². The number of carbonyl (C=O) groups is 2. The van der Waals surface area contributed by atoms with Crippen LogP contribution in [0.4, 0.5) is 10.2 Å². The second-order valence-electron chi connectivity index (χ2n) is 8.73. The molecule has 0 saturated heterocycles. The van der Waals surface area contributed by atoms with Crippen LogP contribution in [0.1, 0.15) is 11.3 Å². The third kappa shape index (κ3) is 6.56. The van der Waals surface area contributed by atoms with E-state index in [0.717, 1.165) is 11.1 Å². The van der Waals surface area contributed by atoms with E-state index in [-0.39, 0.29) is 24.8 Å². The second-order valence-corrected chi connectivity index (χ2v) is 8.73. The molecule has 0 aliphatic heterocycles. The first-order valence-corrected chi connectivity index (χ1v) is 12.3. The Morgan fingerprint density at radius 2 is 1.64 bits per heavy atom. The molecule has 0 aliphatic carbocycles. The fourth-order valence-corrected chi connectivity index (χ4v) is 3.99. The molecule has 0 radical (unpaired) electrons. The molecule has 0 unspecified atom stereocenters. The molecule has 2 amide bonds. The smallest absolute Gasteiger partial charge is 0.247 e. The van der Waals surface area contributed by atoms with Gasteiger partial charge in [-0.05, 0) is 48.0 Å². The zero-order chi connectivity index (χ0) is 27.0. The normalized spacial score (nSPS) is 11.0. The largest absolute Gasteiger partial charge is 0.467 e. The quantitative estimate of drug-likeness (QED) is 0.244. The molecule has 194 valence electrons. The van der Waals surface area contributed by atoms with Gasteiger partial charge < -0.3 is 14.6 Å². The lowest BCUT2D eigenvalue weighted by atomic mass is 10.1. The highest BCUT2D eigenvalue weighted by atomic mass is 19.1. The lowest BCUT2D eigenvalue weighted by molar-refractivity contribution is -0.131. The van der Waals surface area contributed by atoms with Crippen LogP contribution in [0, 0.1) is 5.82 Å². The van der Waals surface area contributed by atoms with Gasteiger partial charge in [0.15, 0.2) is 0 Å². The first-order chi connectivity index (χ1) is 19.0. The summed E-state index contributed by atoms with van der Waals surface area (Å²) in [5.41, 5.74) is 2.92. The van der Waals surface area contributed by atoms with Gasteiger partial charge in [0.05, 0.1) is 24.2 Å². The molecule has 1 N–H and O–H groups in total. The summed E-state index contributed by atoms with van der Waals surface area (Å²) in [6, 6.07) is 30.0. The van der Waals surface area contributed by atoms with E-state index in [1.54, 1.807) is 36.4 Å². The Hall–Kier alpha value is -5.24. The minimum absolute atomic E-state index is 0.116. The lowest BCUT2D eigenvalue weighted by Gasteiger charge is -2.20. The summed E-state index contributed by atoms with van der Waals surface area (Å²) < 4.78 is 20.5. The summed E-state index contributed by atoms with van der Waals surface area (Å²) in [5.74, 6) is -0.216. The van der Waals surface area contributed by atoms with Gasteiger partial charge in [-0.15, -0.1) is 0 Å². The summed E-state index contributed by atoms with van der Waals surface area (Å²) >= 11 is 0. The van der Waals surface area contributed by atoms with Crippen molar-refractivity contribution in [2.75, 3.05) is 11.9 Å². The Morgan fingerprint density at radius 3 is 2.33 bits per heavy atom. The molecule has 3 aromatic carbocycles. The molecule has 0 aliphatic rings. The van der Waals surface area contributed by atoms with Crippen molar-refractivity contribution in [3.8, 4) is 16.9 Å². The second kappa shape index (κ2) is 11.9. The van der Waals surface area contributed by atoms with Crippen LogP contribution in [0.3, 0.4) is 0 Å². The van der Waals surface area contributed by atoms with Crippen molar-refractivity contribution in [2.45, 2.75) is 6.54 Å². The average molecular weight is 521 g/mol. The molecule has 7 nitrogen and oxygen atoms in total. The number of hydrogen-bond acceptors (Lipinski definition) is 4. The Morgan fingerprint density at radius 1 is 0.923 bits per heavy atom. The van der Waals surface area contributed by atoms with E-state index in [1.807, 2.05) is 60.7 Å². The molecular weight excluding hydrogens is 495 g/mol. The number of halogens is 1. The molecule has 0 fully saturated rings. The topological polar surface area (TPSA) is 80.4 Å². The molecule has 8 heteroatoms. The number of aromatic nitrogens is 2. The molecule has 2 aromatic heterocycles. The third-order valence-electron chi connectivity index (χ3n) is 5.91. The number of furan rings is 1. The van der Waals surface area contributed by atoms with Gasteiger partial charge in [-0.1, -0.05) is 60.7 Å². The first kappa shape index (κ1) is 25.4. The SMILES string of the molecule is O=C(CN(Cc1ccco1)C(=O)/C=C/c1ccccc1)Nc1cc(-c2ccccc2)nn1-c1ccc(F)cc1. The van der Waals surface area contributed by atoms with Crippen molar-refractivity contribution >= 4 is 23.7 Å². The van der Waals surface area contributed by atoms with Gasteiger partial charge in [0.25, 0.3) is 0 Å².